The third-order valence-corrected chi connectivity index (χ3v) is 8.00. The van der Waals surface area contributed by atoms with Gasteiger partial charge in [-0.15, -0.1) is 0 Å². The summed E-state index contributed by atoms with van der Waals surface area (Å²) in [6.07, 6.45) is 0. The second-order valence-electron chi connectivity index (χ2n) is 7.69. The third kappa shape index (κ3) is 7.25. The molecule has 0 atom stereocenters. The minimum absolute atomic E-state index is 0.151. The molecule has 0 radical (unpaired) electrons. The first-order valence-corrected chi connectivity index (χ1v) is 13.5. The molecular formula is C25H27ClN2O3S2. The molecule has 0 heterocycles. The van der Waals surface area contributed by atoms with Gasteiger partial charge < -0.3 is 5.32 Å². The van der Waals surface area contributed by atoms with Gasteiger partial charge in [-0.3, -0.25) is 9.10 Å². The van der Waals surface area contributed by atoms with Crippen LogP contribution in [0.4, 0.5) is 5.69 Å². The van der Waals surface area contributed by atoms with Crippen molar-refractivity contribution < 1.29 is 13.2 Å². The first-order chi connectivity index (χ1) is 15.8. The Morgan fingerprint density at radius 2 is 1.61 bits per heavy atom. The quantitative estimate of drug-likeness (QED) is 0.387. The van der Waals surface area contributed by atoms with Crippen LogP contribution in [0.2, 0.25) is 5.02 Å². The van der Waals surface area contributed by atoms with E-state index in [0.29, 0.717) is 23.0 Å². The second kappa shape index (κ2) is 11.6. The van der Waals surface area contributed by atoms with E-state index in [4.69, 9.17) is 11.6 Å². The Bertz CT molecular complexity index is 1180. The number of benzene rings is 3. The average Bonchev–Trinajstić information content (AvgIpc) is 2.78. The standard InChI is InChI=1S/C25H27ClN2O3S2/c1-19-6-10-23(11-7-19)28(33(30,31)24-12-8-20(2)9-13-24)17-25(29)27-14-15-32-18-21-4-3-5-22(26)16-21/h3-13,16H,14-15,17-18H2,1-2H3,(H,27,29). The fraction of sp³-hybridized carbons (Fsp3) is 0.240. The number of thioether (sulfide) groups is 1. The lowest BCUT2D eigenvalue weighted by Crippen LogP contribution is -2.41. The molecule has 0 fully saturated rings. The topological polar surface area (TPSA) is 66.5 Å². The van der Waals surface area contributed by atoms with Gasteiger partial charge in [-0.25, -0.2) is 8.42 Å². The average molecular weight is 503 g/mol. The van der Waals surface area contributed by atoms with Crippen molar-refractivity contribution in [3.8, 4) is 0 Å². The number of sulfonamides is 1. The monoisotopic (exact) mass is 502 g/mol. The minimum atomic E-state index is -3.90. The predicted octanol–water partition coefficient (Wildman–Crippen LogP) is 5.20. The van der Waals surface area contributed by atoms with E-state index in [1.165, 1.54) is 0 Å². The molecule has 0 saturated carbocycles. The highest BCUT2D eigenvalue weighted by Gasteiger charge is 2.27. The van der Waals surface area contributed by atoms with Crippen molar-refractivity contribution in [3.05, 3.63) is 94.5 Å². The minimum Gasteiger partial charge on any atom is -0.354 e. The summed E-state index contributed by atoms with van der Waals surface area (Å²) in [6, 6.07) is 21.4. The van der Waals surface area contributed by atoms with Crippen molar-refractivity contribution in [2.45, 2.75) is 24.5 Å². The number of carbonyl (C=O) groups is 1. The van der Waals surface area contributed by atoms with E-state index in [-0.39, 0.29) is 17.3 Å². The molecular weight excluding hydrogens is 476 g/mol. The van der Waals surface area contributed by atoms with Crippen LogP contribution >= 0.6 is 23.4 Å². The highest BCUT2D eigenvalue weighted by atomic mass is 35.5. The van der Waals surface area contributed by atoms with Crippen LogP contribution in [-0.2, 0) is 20.6 Å². The van der Waals surface area contributed by atoms with Crippen LogP contribution in [-0.4, -0.2) is 33.2 Å². The number of nitrogens with one attached hydrogen (secondary N) is 1. The fourth-order valence-electron chi connectivity index (χ4n) is 3.13. The number of hydrogen-bond donors (Lipinski definition) is 1. The van der Waals surface area contributed by atoms with Crippen LogP contribution < -0.4 is 9.62 Å². The maximum atomic E-state index is 13.4. The van der Waals surface area contributed by atoms with E-state index in [1.807, 2.05) is 50.2 Å². The van der Waals surface area contributed by atoms with E-state index in [2.05, 4.69) is 5.32 Å². The van der Waals surface area contributed by atoms with Crippen LogP contribution in [0, 0.1) is 13.8 Å². The predicted molar refractivity (Wildman–Crippen MR) is 138 cm³/mol. The largest absolute Gasteiger partial charge is 0.354 e. The van der Waals surface area contributed by atoms with Gasteiger partial charge in [0.2, 0.25) is 5.91 Å². The summed E-state index contributed by atoms with van der Waals surface area (Å²) in [7, 11) is -3.90. The Morgan fingerprint density at radius 3 is 2.24 bits per heavy atom. The molecule has 1 amide bonds. The summed E-state index contributed by atoms with van der Waals surface area (Å²) in [5.41, 5.74) is 3.54. The Hall–Kier alpha value is -2.48. The molecule has 0 unspecified atom stereocenters. The Balaban J connectivity index is 1.64. The van der Waals surface area contributed by atoms with Gasteiger partial charge in [-0.2, -0.15) is 11.8 Å². The summed E-state index contributed by atoms with van der Waals surface area (Å²) >= 11 is 7.68. The summed E-state index contributed by atoms with van der Waals surface area (Å²) in [5, 5.41) is 3.53. The Labute approximate surface area is 205 Å². The van der Waals surface area contributed by atoms with Gasteiger partial charge in [0.15, 0.2) is 0 Å². The molecule has 0 aliphatic carbocycles. The van der Waals surface area contributed by atoms with E-state index < -0.39 is 10.0 Å². The first-order valence-electron chi connectivity index (χ1n) is 10.5. The number of rotatable bonds is 10. The second-order valence-corrected chi connectivity index (χ2v) is 11.1. The van der Waals surface area contributed by atoms with Crippen LogP contribution in [0.5, 0.6) is 0 Å². The molecule has 0 spiro atoms. The van der Waals surface area contributed by atoms with Gasteiger partial charge in [-0.05, 0) is 55.8 Å². The van der Waals surface area contributed by atoms with Crippen LogP contribution in [0.25, 0.3) is 0 Å². The molecule has 0 bridgehead atoms. The molecule has 174 valence electrons. The lowest BCUT2D eigenvalue weighted by Gasteiger charge is -2.24. The van der Waals surface area contributed by atoms with E-state index >= 15 is 0 Å². The lowest BCUT2D eigenvalue weighted by atomic mass is 10.2. The molecule has 0 aliphatic rings. The van der Waals surface area contributed by atoms with Crippen LogP contribution in [0.15, 0.2) is 77.7 Å². The summed E-state index contributed by atoms with van der Waals surface area (Å²) in [5.74, 6) is 1.14. The number of aryl methyl sites for hydroxylation is 2. The highest BCUT2D eigenvalue weighted by molar-refractivity contribution is 7.98. The lowest BCUT2D eigenvalue weighted by molar-refractivity contribution is -0.119. The fourth-order valence-corrected chi connectivity index (χ4v) is 5.57. The molecule has 3 rings (SSSR count). The normalized spacial score (nSPS) is 11.2. The summed E-state index contributed by atoms with van der Waals surface area (Å²) < 4.78 is 27.9. The van der Waals surface area contributed by atoms with Crippen molar-refractivity contribution >= 4 is 45.0 Å². The smallest absolute Gasteiger partial charge is 0.264 e. The highest BCUT2D eigenvalue weighted by Crippen LogP contribution is 2.24. The van der Waals surface area contributed by atoms with Crippen molar-refractivity contribution in [3.63, 3.8) is 0 Å². The molecule has 0 aromatic heterocycles. The molecule has 5 nitrogen and oxygen atoms in total. The van der Waals surface area contributed by atoms with Gasteiger partial charge in [0.05, 0.1) is 10.6 Å². The van der Waals surface area contributed by atoms with Crippen molar-refractivity contribution in [2.24, 2.45) is 0 Å². The van der Waals surface area contributed by atoms with Crippen molar-refractivity contribution in [1.82, 2.24) is 5.32 Å². The van der Waals surface area contributed by atoms with Crippen LogP contribution in [0.1, 0.15) is 16.7 Å². The summed E-state index contributed by atoms with van der Waals surface area (Å²) in [4.78, 5) is 12.8. The van der Waals surface area contributed by atoms with E-state index in [1.54, 1.807) is 48.2 Å². The van der Waals surface area contributed by atoms with Crippen LogP contribution in [0.3, 0.4) is 0 Å². The third-order valence-electron chi connectivity index (χ3n) is 4.94. The van der Waals surface area contributed by atoms with E-state index in [9.17, 15) is 13.2 Å². The van der Waals surface area contributed by atoms with Gasteiger partial charge >= 0.3 is 0 Å². The number of carbonyl (C=O) groups excluding carboxylic acids is 1. The number of nitrogens with zero attached hydrogens (tertiary/aromatic N) is 1. The molecule has 0 saturated heterocycles. The van der Waals surface area contributed by atoms with Crippen molar-refractivity contribution in [1.29, 1.82) is 0 Å². The number of anilines is 1. The zero-order valence-corrected chi connectivity index (χ0v) is 21.0. The van der Waals surface area contributed by atoms with Gasteiger partial charge in [-0.1, -0.05) is 59.1 Å². The molecule has 0 aliphatic heterocycles. The number of halogens is 1. The maximum absolute atomic E-state index is 13.4. The molecule has 33 heavy (non-hydrogen) atoms. The first kappa shape index (κ1) is 25.1. The number of amides is 1. The van der Waals surface area contributed by atoms with Crippen molar-refractivity contribution in [2.75, 3.05) is 23.1 Å². The SMILES string of the molecule is Cc1ccc(N(CC(=O)NCCSCc2cccc(Cl)c2)S(=O)(=O)c2ccc(C)cc2)cc1. The summed E-state index contributed by atoms with van der Waals surface area (Å²) in [6.45, 7) is 3.97. The molecule has 1 N–H and O–H groups in total. The zero-order valence-electron chi connectivity index (χ0n) is 18.6. The zero-order chi connectivity index (χ0) is 23.8. The molecule has 3 aromatic rings. The van der Waals surface area contributed by atoms with Gasteiger partial charge in [0, 0.05) is 23.1 Å². The van der Waals surface area contributed by atoms with E-state index in [0.717, 1.165) is 26.7 Å². The molecule has 3 aromatic carbocycles. The Morgan fingerprint density at radius 1 is 0.970 bits per heavy atom. The van der Waals surface area contributed by atoms with Gasteiger partial charge in [0.25, 0.3) is 10.0 Å². The number of hydrogen-bond acceptors (Lipinski definition) is 4. The molecule has 8 heteroatoms. The van der Waals surface area contributed by atoms with Gasteiger partial charge in [0.1, 0.15) is 6.54 Å². The maximum Gasteiger partial charge on any atom is 0.264 e. The Kier molecular flexibility index (Phi) is 8.83.